The lowest BCUT2D eigenvalue weighted by molar-refractivity contribution is -0.230. The molecular weight excluding hydrogens is 356 g/mol. The average molecular weight is 395 g/mol. The first kappa shape index (κ1) is 18.8. The van der Waals surface area contributed by atoms with Crippen LogP contribution in [-0.4, -0.2) is 52.8 Å². The van der Waals surface area contributed by atoms with E-state index < -0.39 is 0 Å². The summed E-state index contributed by atoms with van der Waals surface area (Å²) in [6, 6.07) is 12.7. The minimum Gasteiger partial charge on any atom is -0.358 e. The maximum Gasteiger partial charge on any atom is 0.127 e. The van der Waals surface area contributed by atoms with Crippen molar-refractivity contribution in [2.24, 2.45) is 17.3 Å². The summed E-state index contributed by atoms with van der Waals surface area (Å²) in [6.07, 6.45) is 7.38. The van der Waals surface area contributed by atoms with Gasteiger partial charge in [-0.1, -0.05) is 50.6 Å². The summed E-state index contributed by atoms with van der Waals surface area (Å²) in [6.45, 7) is 12.5. The van der Waals surface area contributed by atoms with Crippen molar-refractivity contribution in [2.75, 3.05) is 13.1 Å². The summed E-state index contributed by atoms with van der Waals surface area (Å²) in [7, 11) is 0. The molecule has 4 aliphatic heterocycles. The first-order valence-corrected chi connectivity index (χ1v) is 12.1. The largest absolute Gasteiger partial charge is 0.358 e. The van der Waals surface area contributed by atoms with Gasteiger partial charge in [-0.05, 0) is 57.6 Å². The van der Waals surface area contributed by atoms with Crippen LogP contribution in [0.25, 0.3) is 0 Å². The molecule has 0 amide bonds. The van der Waals surface area contributed by atoms with E-state index in [-0.39, 0.29) is 17.2 Å². The Morgan fingerprint density at radius 1 is 1.03 bits per heavy atom. The highest BCUT2D eigenvalue weighted by Crippen LogP contribution is 2.62. The third-order valence-electron chi connectivity index (χ3n) is 9.73. The van der Waals surface area contributed by atoms with Crippen LogP contribution >= 0.6 is 0 Å². The Labute approximate surface area is 176 Å². The highest BCUT2D eigenvalue weighted by Gasteiger charge is 2.69. The van der Waals surface area contributed by atoms with Crippen LogP contribution in [-0.2, 0) is 4.74 Å². The normalized spacial score (nSPS) is 48.8. The van der Waals surface area contributed by atoms with E-state index in [9.17, 15) is 0 Å². The van der Waals surface area contributed by atoms with E-state index in [1.54, 1.807) is 5.56 Å². The Balaban J connectivity index is 1.42. The maximum absolute atomic E-state index is 7.08. The molecule has 158 valence electrons. The molecule has 1 saturated carbocycles. The molecule has 0 aromatic heterocycles. The number of rotatable bonds is 1. The predicted molar refractivity (Wildman–Crippen MR) is 117 cm³/mol. The Hall–Kier alpha value is -0.900. The molecule has 3 nitrogen and oxygen atoms in total. The third-order valence-corrected chi connectivity index (χ3v) is 9.73. The van der Waals surface area contributed by atoms with E-state index in [4.69, 9.17) is 4.74 Å². The molecule has 4 saturated heterocycles. The van der Waals surface area contributed by atoms with Gasteiger partial charge in [0.25, 0.3) is 0 Å². The second-order valence-electron chi connectivity index (χ2n) is 11.7. The molecule has 5 aliphatic rings. The van der Waals surface area contributed by atoms with Crippen LogP contribution in [0.2, 0.25) is 0 Å². The second kappa shape index (κ2) is 6.31. The Bertz CT molecular complexity index is 778. The van der Waals surface area contributed by atoms with Crippen molar-refractivity contribution in [2.45, 2.75) is 95.7 Å². The van der Waals surface area contributed by atoms with E-state index in [0.29, 0.717) is 30.0 Å². The standard InChI is InChI=1S/C26H38N2O/c1-17-12-13-19-21(15-17)29-24-23-26(4,16-28(24)25(19,2)3)22(18-9-6-5-7-10-18)20-11-8-14-27(20)23/h5-7,9-10,17,19-24H,8,11-16H2,1-4H3/t17-,19-,20+,21-,22-,23+,24+,26+/m1/s1. The second-order valence-corrected chi connectivity index (χ2v) is 11.7. The molecule has 4 heterocycles. The van der Waals surface area contributed by atoms with Gasteiger partial charge in [-0.3, -0.25) is 9.80 Å². The molecule has 0 unspecified atom stereocenters. The van der Waals surface area contributed by atoms with Crippen molar-refractivity contribution in [1.29, 1.82) is 0 Å². The summed E-state index contributed by atoms with van der Waals surface area (Å²) < 4.78 is 7.08. The minimum atomic E-state index is 0.234. The van der Waals surface area contributed by atoms with Crippen LogP contribution in [0.3, 0.4) is 0 Å². The molecule has 8 atom stereocenters. The minimum absolute atomic E-state index is 0.234. The van der Waals surface area contributed by atoms with Gasteiger partial charge in [-0.25, -0.2) is 0 Å². The predicted octanol–water partition coefficient (Wildman–Crippen LogP) is 4.88. The highest BCUT2D eigenvalue weighted by atomic mass is 16.5. The number of nitrogens with zero attached hydrogens (tertiary/aromatic N) is 2. The van der Waals surface area contributed by atoms with Gasteiger partial charge < -0.3 is 4.74 Å². The molecule has 1 aromatic carbocycles. The van der Waals surface area contributed by atoms with Crippen molar-refractivity contribution in [3.8, 4) is 0 Å². The lowest BCUT2D eigenvalue weighted by Crippen LogP contribution is -2.65. The fourth-order valence-corrected chi connectivity index (χ4v) is 8.45. The van der Waals surface area contributed by atoms with Crippen molar-refractivity contribution >= 4 is 0 Å². The van der Waals surface area contributed by atoms with Crippen molar-refractivity contribution in [1.82, 2.24) is 9.80 Å². The zero-order valence-corrected chi connectivity index (χ0v) is 18.7. The number of ether oxygens (including phenoxy) is 1. The summed E-state index contributed by atoms with van der Waals surface area (Å²) in [5.41, 5.74) is 2.06. The summed E-state index contributed by atoms with van der Waals surface area (Å²) in [5.74, 6) is 2.12. The van der Waals surface area contributed by atoms with E-state index in [1.165, 1.54) is 45.2 Å². The zero-order valence-electron chi connectivity index (χ0n) is 18.7. The van der Waals surface area contributed by atoms with E-state index in [2.05, 4.69) is 67.8 Å². The molecule has 0 bridgehead atoms. The Kier molecular flexibility index (Phi) is 4.10. The Morgan fingerprint density at radius 3 is 2.62 bits per heavy atom. The summed E-state index contributed by atoms with van der Waals surface area (Å²) in [5, 5.41) is 0. The van der Waals surface area contributed by atoms with Gasteiger partial charge in [0, 0.05) is 35.4 Å². The lowest BCUT2D eigenvalue weighted by Gasteiger charge is -2.56. The Morgan fingerprint density at radius 2 is 1.83 bits per heavy atom. The molecular formula is C26H38N2O. The van der Waals surface area contributed by atoms with E-state index in [0.717, 1.165) is 5.92 Å². The molecule has 3 heteroatoms. The van der Waals surface area contributed by atoms with Crippen LogP contribution in [0, 0.1) is 17.3 Å². The molecule has 29 heavy (non-hydrogen) atoms. The van der Waals surface area contributed by atoms with Gasteiger partial charge in [0.2, 0.25) is 0 Å². The summed E-state index contributed by atoms with van der Waals surface area (Å²) in [4.78, 5) is 5.68. The van der Waals surface area contributed by atoms with Crippen LogP contribution in [0.4, 0.5) is 0 Å². The van der Waals surface area contributed by atoms with Gasteiger partial charge in [-0.2, -0.15) is 0 Å². The van der Waals surface area contributed by atoms with E-state index in [1.807, 2.05) is 0 Å². The molecule has 6 rings (SSSR count). The average Bonchev–Trinajstić information content (AvgIpc) is 3.30. The summed E-state index contributed by atoms with van der Waals surface area (Å²) >= 11 is 0. The van der Waals surface area contributed by atoms with Crippen LogP contribution in [0.15, 0.2) is 30.3 Å². The maximum atomic E-state index is 7.08. The molecule has 0 radical (unpaired) electrons. The van der Waals surface area contributed by atoms with Crippen LogP contribution in [0.5, 0.6) is 0 Å². The first-order chi connectivity index (χ1) is 13.9. The number of hydrogen-bond donors (Lipinski definition) is 0. The number of benzene rings is 1. The molecule has 0 spiro atoms. The van der Waals surface area contributed by atoms with Gasteiger partial charge in [0.05, 0.1) is 12.1 Å². The fourth-order valence-electron chi connectivity index (χ4n) is 8.45. The molecule has 1 aliphatic carbocycles. The lowest BCUT2D eigenvalue weighted by atomic mass is 9.69. The van der Waals surface area contributed by atoms with Gasteiger partial charge >= 0.3 is 0 Å². The van der Waals surface area contributed by atoms with Gasteiger partial charge in [0.1, 0.15) is 6.23 Å². The zero-order chi connectivity index (χ0) is 20.0. The molecule has 5 fully saturated rings. The van der Waals surface area contributed by atoms with Gasteiger partial charge in [-0.15, -0.1) is 0 Å². The number of fused-ring (bicyclic) bond motifs is 6. The topological polar surface area (TPSA) is 15.7 Å². The van der Waals surface area contributed by atoms with E-state index >= 15 is 0 Å². The van der Waals surface area contributed by atoms with Crippen molar-refractivity contribution in [3.63, 3.8) is 0 Å². The number of hydrogen-bond acceptors (Lipinski definition) is 3. The van der Waals surface area contributed by atoms with Gasteiger partial charge in [0.15, 0.2) is 0 Å². The van der Waals surface area contributed by atoms with Crippen LogP contribution in [0.1, 0.15) is 71.3 Å². The van der Waals surface area contributed by atoms with Crippen LogP contribution < -0.4 is 0 Å². The quantitative estimate of drug-likeness (QED) is 0.675. The highest BCUT2D eigenvalue weighted by molar-refractivity contribution is 5.32. The first-order valence-electron chi connectivity index (χ1n) is 12.1. The van der Waals surface area contributed by atoms with Crippen molar-refractivity contribution < 1.29 is 4.74 Å². The smallest absolute Gasteiger partial charge is 0.127 e. The van der Waals surface area contributed by atoms with Crippen molar-refractivity contribution in [3.05, 3.63) is 35.9 Å². The SMILES string of the molecule is C[C@@H]1CC[C@@H]2[C@@H](C1)O[C@H]1[C@@H]3N4CCC[C@H]4[C@@H](c4ccccc4)[C@]3(C)CN1C2(C)C. The monoisotopic (exact) mass is 394 g/mol. The molecule has 0 N–H and O–H groups in total. The molecule has 1 aromatic rings. The third kappa shape index (κ3) is 2.47. The fraction of sp³-hybridized carbons (Fsp3) is 0.769.